The molecule has 0 bridgehead atoms. The Balaban J connectivity index is 0.000000980. The van der Waals surface area contributed by atoms with Gasteiger partial charge in [-0.3, -0.25) is 0 Å². The topological polar surface area (TPSA) is 0 Å². The maximum atomic E-state index is 3.22. The summed E-state index contributed by atoms with van der Waals surface area (Å²) >= 11 is 0. The summed E-state index contributed by atoms with van der Waals surface area (Å²) in [6.07, 6.45) is 0. The minimum absolute atomic E-state index is 0. The smallest absolute Gasteiger partial charge is 0 e. The fraction of sp³-hybridized carbons (Fsp3) is 0.0769. The number of rotatable bonds is 1. The largest absolute Gasteiger partial charge is 0.226 e. The van der Waals surface area contributed by atoms with E-state index in [1.165, 1.54) is 5.56 Å². The molecule has 0 unspecified atom stereocenters. The van der Waals surface area contributed by atoms with Crippen LogP contribution in [-0.2, 0) is 20.1 Å². The molecule has 0 spiro atoms. The van der Waals surface area contributed by atoms with E-state index in [2.05, 4.69) is 31.2 Å². The molecule has 0 N–H and O–H groups in total. The van der Waals surface area contributed by atoms with E-state index in [1.54, 1.807) is 0 Å². The van der Waals surface area contributed by atoms with Gasteiger partial charge in [0.05, 0.1) is 0 Å². The molecule has 0 aliphatic heterocycles. The van der Waals surface area contributed by atoms with Gasteiger partial charge in [-0.05, 0) is 0 Å². The quantitative estimate of drug-likeness (QED) is 0.687. The zero-order chi connectivity index (χ0) is 9.10. The standard InChI is InChI=1S/C13H10.Ir/c1-11-7-9-13(10-8-11)12-5-3-2-4-6-12;/h2-5,7-9H,1H3;/q-2;. The summed E-state index contributed by atoms with van der Waals surface area (Å²) in [6, 6.07) is 20.5. The number of hydrogen-bond donors (Lipinski definition) is 0. The second-order valence-electron chi connectivity index (χ2n) is 3.06. The molecule has 0 saturated carbocycles. The summed E-state index contributed by atoms with van der Waals surface area (Å²) in [5.74, 6) is 0. The van der Waals surface area contributed by atoms with Crippen molar-refractivity contribution in [3.63, 3.8) is 0 Å². The molecule has 0 atom stereocenters. The predicted molar refractivity (Wildman–Crippen MR) is 54.3 cm³/mol. The Morgan fingerprint density at radius 2 is 1.71 bits per heavy atom. The molecule has 0 fully saturated rings. The number of aryl methyl sites for hydroxylation is 1. The van der Waals surface area contributed by atoms with Crippen LogP contribution in [0.1, 0.15) is 5.56 Å². The van der Waals surface area contributed by atoms with Crippen LogP contribution in [0.2, 0.25) is 0 Å². The van der Waals surface area contributed by atoms with E-state index in [1.807, 2.05) is 30.3 Å². The van der Waals surface area contributed by atoms with Crippen molar-refractivity contribution < 1.29 is 20.1 Å². The average Bonchev–Trinajstić information content (AvgIpc) is 2.20. The van der Waals surface area contributed by atoms with Crippen LogP contribution in [0, 0.1) is 19.1 Å². The minimum Gasteiger partial charge on any atom is -0.226 e. The van der Waals surface area contributed by atoms with Crippen molar-refractivity contribution in [1.82, 2.24) is 0 Å². The van der Waals surface area contributed by atoms with Crippen molar-refractivity contribution in [2.24, 2.45) is 0 Å². The molecule has 14 heavy (non-hydrogen) atoms. The van der Waals surface area contributed by atoms with Gasteiger partial charge in [-0.1, -0.05) is 6.92 Å². The van der Waals surface area contributed by atoms with Crippen molar-refractivity contribution in [3.05, 3.63) is 60.2 Å². The fourth-order valence-corrected chi connectivity index (χ4v) is 1.23. The monoisotopic (exact) mass is 359 g/mol. The van der Waals surface area contributed by atoms with Gasteiger partial charge < -0.3 is 0 Å². The zero-order valence-corrected chi connectivity index (χ0v) is 10.3. The van der Waals surface area contributed by atoms with Crippen LogP contribution in [0.3, 0.4) is 0 Å². The molecule has 0 nitrogen and oxygen atoms in total. The number of benzene rings is 2. The van der Waals surface area contributed by atoms with Crippen molar-refractivity contribution >= 4 is 0 Å². The van der Waals surface area contributed by atoms with Gasteiger partial charge in [-0.15, -0.1) is 11.6 Å². The Morgan fingerprint density at radius 1 is 0.929 bits per heavy atom. The Morgan fingerprint density at radius 3 is 2.29 bits per heavy atom. The van der Waals surface area contributed by atoms with Gasteiger partial charge in [0, 0.05) is 20.1 Å². The fourth-order valence-electron chi connectivity index (χ4n) is 1.23. The van der Waals surface area contributed by atoms with E-state index >= 15 is 0 Å². The predicted octanol–water partition coefficient (Wildman–Crippen LogP) is 3.26. The van der Waals surface area contributed by atoms with Crippen LogP contribution in [-0.4, -0.2) is 0 Å². The Kier molecular flexibility index (Phi) is 4.06. The molecule has 1 radical (unpaired) electrons. The first kappa shape index (κ1) is 11.2. The molecule has 0 aliphatic rings. The summed E-state index contributed by atoms with van der Waals surface area (Å²) in [5.41, 5.74) is 3.44. The molecule has 1 heteroatoms. The van der Waals surface area contributed by atoms with Gasteiger partial charge in [-0.2, -0.15) is 48.5 Å². The van der Waals surface area contributed by atoms with Crippen LogP contribution in [0.15, 0.2) is 42.5 Å². The van der Waals surface area contributed by atoms with Gasteiger partial charge in [0.15, 0.2) is 0 Å². The van der Waals surface area contributed by atoms with E-state index in [4.69, 9.17) is 0 Å². The van der Waals surface area contributed by atoms with Gasteiger partial charge >= 0.3 is 0 Å². The first-order chi connectivity index (χ1) is 6.36. The molecule has 0 amide bonds. The minimum atomic E-state index is 0. The number of hydrogen-bond acceptors (Lipinski definition) is 0. The Bertz CT molecular complexity index is 376. The second-order valence-corrected chi connectivity index (χ2v) is 3.06. The van der Waals surface area contributed by atoms with Crippen molar-refractivity contribution in [3.8, 4) is 11.1 Å². The van der Waals surface area contributed by atoms with E-state index < -0.39 is 0 Å². The third-order valence-electron chi connectivity index (χ3n) is 1.97. The normalized spacial score (nSPS) is 9.21. The maximum Gasteiger partial charge on any atom is 0 e. The summed E-state index contributed by atoms with van der Waals surface area (Å²) in [4.78, 5) is 0. The average molecular weight is 358 g/mol. The van der Waals surface area contributed by atoms with Gasteiger partial charge in [0.2, 0.25) is 0 Å². The van der Waals surface area contributed by atoms with Gasteiger partial charge in [0.25, 0.3) is 0 Å². The first-order valence-corrected chi connectivity index (χ1v) is 4.32. The summed E-state index contributed by atoms with van der Waals surface area (Å²) < 4.78 is 0. The SMILES string of the molecule is Cc1c[c-]c(-c2[c-]cccc2)cc1.[Ir]. The van der Waals surface area contributed by atoms with Gasteiger partial charge in [0.1, 0.15) is 0 Å². The van der Waals surface area contributed by atoms with E-state index in [-0.39, 0.29) is 20.1 Å². The van der Waals surface area contributed by atoms with Gasteiger partial charge in [-0.25, -0.2) is 11.1 Å². The van der Waals surface area contributed by atoms with E-state index in [0.717, 1.165) is 11.1 Å². The summed E-state index contributed by atoms with van der Waals surface area (Å²) in [6.45, 7) is 2.06. The maximum absolute atomic E-state index is 3.22. The third-order valence-corrected chi connectivity index (χ3v) is 1.97. The molecule has 73 valence electrons. The molecule has 0 heterocycles. The molecule has 0 saturated heterocycles. The summed E-state index contributed by atoms with van der Waals surface area (Å²) in [7, 11) is 0. The van der Waals surface area contributed by atoms with E-state index in [9.17, 15) is 0 Å². The zero-order valence-electron chi connectivity index (χ0n) is 7.87. The first-order valence-electron chi connectivity index (χ1n) is 4.32. The molecule has 2 rings (SSSR count). The molecular formula is C13H10Ir-2. The van der Waals surface area contributed by atoms with Crippen LogP contribution >= 0.6 is 0 Å². The molecule has 0 aliphatic carbocycles. The Hall–Kier alpha value is -0.911. The van der Waals surface area contributed by atoms with Crippen molar-refractivity contribution in [1.29, 1.82) is 0 Å². The molecule has 2 aromatic rings. The van der Waals surface area contributed by atoms with Crippen molar-refractivity contribution in [2.75, 3.05) is 0 Å². The summed E-state index contributed by atoms with van der Waals surface area (Å²) in [5, 5.41) is 0. The van der Waals surface area contributed by atoms with Crippen LogP contribution < -0.4 is 0 Å². The van der Waals surface area contributed by atoms with Crippen molar-refractivity contribution in [2.45, 2.75) is 6.92 Å². The third kappa shape index (κ3) is 2.54. The second kappa shape index (κ2) is 5.09. The van der Waals surface area contributed by atoms with Crippen LogP contribution in [0.4, 0.5) is 0 Å². The molecule has 2 aromatic carbocycles. The van der Waals surface area contributed by atoms with E-state index in [0.29, 0.717) is 0 Å². The van der Waals surface area contributed by atoms with Crippen LogP contribution in [0.25, 0.3) is 11.1 Å². The Labute approximate surface area is 98.3 Å². The molecular weight excluding hydrogens is 348 g/mol. The van der Waals surface area contributed by atoms with Crippen LogP contribution in [0.5, 0.6) is 0 Å². The molecule has 0 aromatic heterocycles.